The highest BCUT2D eigenvalue weighted by molar-refractivity contribution is 5.75. The summed E-state index contributed by atoms with van der Waals surface area (Å²) in [5.41, 5.74) is 0. The molecule has 0 spiro atoms. The molecule has 7 heteroatoms. The molecule has 1 rings (SSSR count). The zero-order valence-electron chi connectivity index (χ0n) is 12.2. The molecule has 0 radical (unpaired) electrons. The van der Waals surface area contributed by atoms with Gasteiger partial charge in [-0.25, -0.2) is 4.79 Å². The number of carboxylic acids is 1. The van der Waals surface area contributed by atoms with Crippen molar-refractivity contribution in [2.24, 2.45) is 0 Å². The summed E-state index contributed by atoms with van der Waals surface area (Å²) >= 11 is 0. The second-order valence-electron chi connectivity index (χ2n) is 5.54. The number of aliphatic hydroxyl groups excluding tert-OH is 1. The van der Waals surface area contributed by atoms with Gasteiger partial charge >= 0.3 is 12.0 Å². The van der Waals surface area contributed by atoms with Crippen LogP contribution in [0.1, 0.15) is 25.7 Å². The van der Waals surface area contributed by atoms with E-state index in [1.165, 1.54) is 0 Å². The molecular weight excluding hydrogens is 262 g/mol. The molecular formula is C13H25N3O4. The van der Waals surface area contributed by atoms with Crippen LogP contribution in [0.4, 0.5) is 4.79 Å². The lowest BCUT2D eigenvalue weighted by Gasteiger charge is -2.27. The fraction of sp³-hybridized carbons (Fsp3) is 0.846. The topological polar surface area (TPSA) is 93.1 Å². The summed E-state index contributed by atoms with van der Waals surface area (Å²) < 4.78 is 0. The minimum atomic E-state index is -0.815. The van der Waals surface area contributed by atoms with E-state index in [4.69, 9.17) is 5.11 Å². The van der Waals surface area contributed by atoms with Crippen LogP contribution in [0.5, 0.6) is 0 Å². The molecule has 0 aromatic heterocycles. The molecule has 1 aliphatic heterocycles. The summed E-state index contributed by atoms with van der Waals surface area (Å²) in [4.78, 5) is 26.1. The van der Waals surface area contributed by atoms with Gasteiger partial charge in [-0.2, -0.15) is 0 Å². The Morgan fingerprint density at radius 2 is 2.05 bits per heavy atom. The number of rotatable bonds is 7. The number of nitrogens with one attached hydrogen (secondary N) is 1. The second kappa shape index (κ2) is 8.06. The molecule has 2 unspecified atom stereocenters. The standard InChI is InChI=1S/C13H25N3O4/c1-15(2)8-10-7-11(17)9-16(10)13(20)14-6-4-3-5-12(18)19/h10-11,17H,3-9H2,1-2H3,(H,14,20)(H,18,19). The summed E-state index contributed by atoms with van der Waals surface area (Å²) in [6.45, 7) is 1.55. The molecule has 0 bridgehead atoms. The smallest absolute Gasteiger partial charge is 0.317 e. The molecule has 1 saturated heterocycles. The van der Waals surface area contributed by atoms with Gasteiger partial charge in [0.05, 0.1) is 6.10 Å². The first-order valence-electron chi connectivity index (χ1n) is 6.99. The number of nitrogens with zero attached hydrogens (tertiary/aromatic N) is 2. The van der Waals surface area contributed by atoms with Crippen molar-refractivity contribution in [1.29, 1.82) is 0 Å². The largest absolute Gasteiger partial charge is 0.481 e. The Balaban J connectivity index is 2.31. The van der Waals surface area contributed by atoms with Crippen LogP contribution in [-0.4, -0.2) is 77.9 Å². The molecule has 2 amide bonds. The number of carboxylic acid groups (broad SMARTS) is 1. The maximum absolute atomic E-state index is 12.0. The molecule has 1 fully saturated rings. The van der Waals surface area contributed by atoms with Crippen LogP contribution in [0.25, 0.3) is 0 Å². The van der Waals surface area contributed by atoms with Gasteiger partial charge < -0.3 is 25.3 Å². The van der Waals surface area contributed by atoms with Crippen LogP contribution in [0.3, 0.4) is 0 Å². The monoisotopic (exact) mass is 287 g/mol. The average Bonchev–Trinajstić information content (AvgIpc) is 2.68. The molecule has 0 aromatic rings. The van der Waals surface area contributed by atoms with Crippen molar-refractivity contribution < 1.29 is 19.8 Å². The number of carbonyl (C=O) groups excluding carboxylic acids is 1. The van der Waals surface area contributed by atoms with E-state index < -0.39 is 12.1 Å². The van der Waals surface area contributed by atoms with Crippen molar-refractivity contribution in [1.82, 2.24) is 15.1 Å². The number of amides is 2. The highest BCUT2D eigenvalue weighted by Gasteiger charge is 2.34. The van der Waals surface area contributed by atoms with E-state index in [1.807, 2.05) is 19.0 Å². The summed E-state index contributed by atoms with van der Waals surface area (Å²) in [5, 5.41) is 21.0. The number of likely N-dealkylation sites (tertiary alicyclic amines) is 1. The molecule has 0 aromatic carbocycles. The molecule has 7 nitrogen and oxygen atoms in total. The van der Waals surface area contributed by atoms with E-state index in [2.05, 4.69) is 5.32 Å². The van der Waals surface area contributed by atoms with Gasteiger partial charge in [-0.05, 0) is 33.4 Å². The first kappa shape index (κ1) is 16.7. The lowest BCUT2D eigenvalue weighted by atomic mass is 10.2. The molecule has 1 aliphatic rings. The van der Waals surface area contributed by atoms with Crippen molar-refractivity contribution in [3.05, 3.63) is 0 Å². The Bertz CT molecular complexity index is 336. The SMILES string of the molecule is CN(C)CC1CC(O)CN1C(=O)NCCCCC(=O)O. The van der Waals surface area contributed by atoms with Crippen LogP contribution < -0.4 is 5.32 Å². The van der Waals surface area contributed by atoms with Gasteiger partial charge in [-0.1, -0.05) is 0 Å². The van der Waals surface area contributed by atoms with Crippen molar-refractivity contribution in [3.63, 3.8) is 0 Å². The lowest BCUT2D eigenvalue weighted by Crippen LogP contribution is -2.46. The predicted molar refractivity (Wildman–Crippen MR) is 74.6 cm³/mol. The van der Waals surface area contributed by atoms with Crippen molar-refractivity contribution in [3.8, 4) is 0 Å². The predicted octanol–water partition coefficient (Wildman–Crippen LogP) is -0.0523. The fourth-order valence-corrected chi connectivity index (χ4v) is 2.43. The van der Waals surface area contributed by atoms with E-state index >= 15 is 0 Å². The number of unbranched alkanes of at least 4 members (excludes halogenated alkanes) is 1. The molecule has 0 saturated carbocycles. The molecule has 0 aliphatic carbocycles. The highest BCUT2D eigenvalue weighted by Crippen LogP contribution is 2.18. The van der Waals surface area contributed by atoms with Crippen LogP contribution in [-0.2, 0) is 4.79 Å². The van der Waals surface area contributed by atoms with Crippen molar-refractivity contribution >= 4 is 12.0 Å². The second-order valence-corrected chi connectivity index (χ2v) is 5.54. The van der Waals surface area contributed by atoms with Crippen molar-refractivity contribution in [2.75, 3.05) is 33.7 Å². The minimum Gasteiger partial charge on any atom is -0.481 e. The maximum Gasteiger partial charge on any atom is 0.317 e. The molecule has 2 atom stereocenters. The third-order valence-corrected chi connectivity index (χ3v) is 3.32. The van der Waals surface area contributed by atoms with E-state index in [9.17, 15) is 14.7 Å². The number of urea groups is 1. The number of hydrogen-bond acceptors (Lipinski definition) is 4. The number of β-amino-alcohol motifs (C(OH)–C–C–N with tert-alkyl or cyclic N) is 1. The first-order chi connectivity index (χ1) is 9.40. The summed E-state index contributed by atoms with van der Waals surface area (Å²) in [7, 11) is 3.87. The number of carbonyl (C=O) groups is 2. The summed E-state index contributed by atoms with van der Waals surface area (Å²) in [6.07, 6.45) is 1.47. The molecule has 3 N–H and O–H groups in total. The highest BCUT2D eigenvalue weighted by atomic mass is 16.4. The number of aliphatic carboxylic acids is 1. The zero-order chi connectivity index (χ0) is 15.1. The average molecular weight is 287 g/mol. The fourth-order valence-electron chi connectivity index (χ4n) is 2.43. The van der Waals surface area contributed by atoms with E-state index in [-0.39, 0.29) is 18.5 Å². The van der Waals surface area contributed by atoms with Gasteiger partial charge in [0.2, 0.25) is 0 Å². The Hall–Kier alpha value is -1.34. The van der Waals surface area contributed by atoms with E-state index in [1.54, 1.807) is 4.90 Å². The van der Waals surface area contributed by atoms with Crippen LogP contribution >= 0.6 is 0 Å². The van der Waals surface area contributed by atoms with Crippen LogP contribution in [0, 0.1) is 0 Å². The number of aliphatic hydroxyl groups is 1. The Morgan fingerprint density at radius 3 is 2.65 bits per heavy atom. The quantitative estimate of drug-likeness (QED) is 0.571. The van der Waals surface area contributed by atoms with Gasteiger partial charge in [0.1, 0.15) is 0 Å². The maximum atomic E-state index is 12.0. The molecule has 116 valence electrons. The summed E-state index contributed by atoms with van der Waals surface area (Å²) in [6, 6.07) is -0.150. The minimum absolute atomic E-state index is 0.0269. The lowest BCUT2D eigenvalue weighted by molar-refractivity contribution is -0.137. The summed E-state index contributed by atoms with van der Waals surface area (Å²) in [5.74, 6) is -0.815. The number of likely N-dealkylation sites (N-methyl/N-ethyl adjacent to an activating group) is 1. The Kier molecular flexibility index (Phi) is 6.74. The van der Waals surface area contributed by atoms with Crippen molar-refractivity contribution in [2.45, 2.75) is 37.8 Å². The molecule has 20 heavy (non-hydrogen) atoms. The zero-order valence-corrected chi connectivity index (χ0v) is 12.2. The third-order valence-electron chi connectivity index (χ3n) is 3.32. The number of hydrogen-bond donors (Lipinski definition) is 3. The van der Waals surface area contributed by atoms with Gasteiger partial charge in [0.15, 0.2) is 0 Å². The Morgan fingerprint density at radius 1 is 1.35 bits per heavy atom. The van der Waals surface area contributed by atoms with Gasteiger partial charge in [-0.15, -0.1) is 0 Å². The van der Waals surface area contributed by atoms with Gasteiger partial charge in [0.25, 0.3) is 0 Å². The van der Waals surface area contributed by atoms with Crippen LogP contribution in [0.2, 0.25) is 0 Å². The third kappa shape index (κ3) is 5.75. The van der Waals surface area contributed by atoms with Gasteiger partial charge in [-0.3, -0.25) is 4.79 Å². The van der Waals surface area contributed by atoms with E-state index in [0.29, 0.717) is 32.4 Å². The molecule has 1 heterocycles. The van der Waals surface area contributed by atoms with E-state index in [0.717, 1.165) is 6.54 Å². The Labute approximate surface area is 119 Å². The normalized spacial score (nSPS) is 22.3. The van der Waals surface area contributed by atoms with Gasteiger partial charge in [0, 0.05) is 32.1 Å². The first-order valence-corrected chi connectivity index (χ1v) is 6.99. The van der Waals surface area contributed by atoms with Crippen LogP contribution in [0.15, 0.2) is 0 Å².